The molecule has 0 saturated heterocycles. The zero-order chi connectivity index (χ0) is 11.7. The molecule has 1 fully saturated rings. The van der Waals surface area contributed by atoms with Gasteiger partial charge in [-0.2, -0.15) is 0 Å². The summed E-state index contributed by atoms with van der Waals surface area (Å²) in [5.41, 5.74) is 6.86. The fourth-order valence-electron chi connectivity index (χ4n) is 1.98. The molecule has 88 valence electrons. The first-order valence-electron chi connectivity index (χ1n) is 5.39. The van der Waals surface area contributed by atoms with Crippen molar-refractivity contribution < 1.29 is 4.79 Å². The van der Waals surface area contributed by atoms with Gasteiger partial charge in [0.05, 0.1) is 5.02 Å². The number of nitrogens with one attached hydrogen (secondary N) is 1. The number of hydrogen-bond donors (Lipinski definition) is 2. The smallest absolute Gasteiger partial charge is 0.263 e. The van der Waals surface area contributed by atoms with Gasteiger partial charge in [-0.25, -0.2) is 0 Å². The average Bonchev–Trinajstić information content (AvgIpc) is 2.77. The van der Waals surface area contributed by atoms with Crippen LogP contribution in [-0.2, 0) is 0 Å². The summed E-state index contributed by atoms with van der Waals surface area (Å²) < 4.78 is 0. The van der Waals surface area contributed by atoms with Crippen molar-refractivity contribution in [2.75, 3.05) is 0 Å². The summed E-state index contributed by atoms with van der Waals surface area (Å²) in [6, 6.07) is 0.190. The van der Waals surface area contributed by atoms with Crippen molar-refractivity contribution in [2.45, 2.75) is 38.3 Å². The summed E-state index contributed by atoms with van der Waals surface area (Å²) in [5, 5.41) is 5.42. The molecule has 3 N–H and O–H groups in total. The summed E-state index contributed by atoms with van der Waals surface area (Å²) >= 11 is 7.43. The quantitative estimate of drug-likeness (QED) is 0.855. The topological polar surface area (TPSA) is 55.1 Å². The summed E-state index contributed by atoms with van der Waals surface area (Å²) in [6.45, 7) is 1.90. The minimum Gasteiger partial charge on any atom is -0.347 e. The Balaban J connectivity index is 2.06. The lowest BCUT2D eigenvalue weighted by molar-refractivity contribution is 0.0939. The van der Waals surface area contributed by atoms with Gasteiger partial charge in [0.1, 0.15) is 4.88 Å². The number of halogens is 1. The number of nitrogens with two attached hydrogens (primary N) is 1. The lowest BCUT2D eigenvalue weighted by Gasteiger charge is -2.16. The van der Waals surface area contributed by atoms with Crippen molar-refractivity contribution in [1.82, 2.24) is 5.32 Å². The van der Waals surface area contributed by atoms with Crippen LogP contribution >= 0.6 is 22.9 Å². The van der Waals surface area contributed by atoms with E-state index in [1.165, 1.54) is 11.3 Å². The van der Waals surface area contributed by atoms with Crippen LogP contribution in [0.4, 0.5) is 0 Å². The van der Waals surface area contributed by atoms with Crippen LogP contribution in [0.2, 0.25) is 5.02 Å². The number of amides is 1. The van der Waals surface area contributed by atoms with Gasteiger partial charge in [-0.15, -0.1) is 11.3 Å². The zero-order valence-electron chi connectivity index (χ0n) is 9.13. The molecule has 16 heavy (non-hydrogen) atoms. The molecule has 0 aromatic carbocycles. The average molecular weight is 259 g/mol. The van der Waals surface area contributed by atoms with Crippen LogP contribution in [0.3, 0.4) is 0 Å². The molecular weight excluding hydrogens is 244 g/mol. The lowest BCUT2D eigenvalue weighted by atomic mass is 10.2. The van der Waals surface area contributed by atoms with E-state index in [1.807, 2.05) is 12.3 Å². The van der Waals surface area contributed by atoms with Crippen molar-refractivity contribution in [3.63, 3.8) is 0 Å². The fraction of sp³-hybridized carbons (Fsp3) is 0.545. The Morgan fingerprint density at radius 1 is 1.62 bits per heavy atom. The van der Waals surface area contributed by atoms with Gasteiger partial charge in [0, 0.05) is 12.1 Å². The van der Waals surface area contributed by atoms with Crippen LogP contribution in [0.5, 0.6) is 0 Å². The zero-order valence-corrected chi connectivity index (χ0v) is 10.7. The molecule has 1 aromatic rings. The first-order valence-corrected chi connectivity index (χ1v) is 6.65. The molecule has 0 spiro atoms. The predicted molar refractivity (Wildman–Crippen MR) is 67.1 cm³/mol. The maximum atomic E-state index is 11.9. The van der Waals surface area contributed by atoms with E-state index in [0.717, 1.165) is 24.8 Å². The molecule has 0 bridgehead atoms. The highest BCUT2D eigenvalue weighted by Gasteiger charge is 2.26. The number of carbonyl (C=O) groups excluding carboxylic acids is 1. The standard InChI is InChI=1S/C11H15ClN2OS/c1-6-5-16-10(9(6)12)11(15)14-8-4-2-3-7(8)13/h5,7-8H,2-4,13H2,1H3,(H,14,15). The number of carbonyl (C=O) groups is 1. The molecule has 1 aliphatic rings. The molecule has 1 heterocycles. The Kier molecular flexibility index (Phi) is 3.52. The second kappa shape index (κ2) is 4.73. The molecule has 0 aliphatic heterocycles. The summed E-state index contributed by atoms with van der Waals surface area (Å²) in [5.74, 6) is -0.0922. The highest BCUT2D eigenvalue weighted by molar-refractivity contribution is 7.13. The third kappa shape index (κ3) is 2.24. The molecule has 1 saturated carbocycles. The van der Waals surface area contributed by atoms with Gasteiger partial charge >= 0.3 is 0 Å². The van der Waals surface area contributed by atoms with Crippen LogP contribution in [0.25, 0.3) is 0 Å². The summed E-state index contributed by atoms with van der Waals surface area (Å²) in [4.78, 5) is 12.5. The van der Waals surface area contributed by atoms with Crippen molar-refractivity contribution in [3.8, 4) is 0 Å². The molecule has 2 rings (SSSR count). The minimum atomic E-state index is -0.0922. The van der Waals surface area contributed by atoms with Crippen LogP contribution in [-0.4, -0.2) is 18.0 Å². The van der Waals surface area contributed by atoms with Gasteiger partial charge in [-0.3, -0.25) is 4.79 Å². The largest absolute Gasteiger partial charge is 0.347 e. The van der Waals surface area contributed by atoms with Crippen LogP contribution in [0, 0.1) is 6.92 Å². The monoisotopic (exact) mass is 258 g/mol. The second-order valence-electron chi connectivity index (χ2n) is 4.24. The van der Waals surface area contributed by atoms with Crippen LogP contribution < -0.4 is 11.1 Å². The van der Waals surface area contributed by atoms with E-state index in [4.69, 9.17) is 17.3 Å². The number of hydrogen-bond acceptors (Lipinski definition) is 3. The predicted octanol–water partition coefficient (Wildman–Crippen LogP) is 2.32. The molecule has 1 amide bonds. The molecule has 5 heteroatoms. The fourth-order valence-corrected chi connectivity index (χ4v) is 3.17. The molecule has 0 radical (unpaired) electrons. The third-order valence-electron chi connectivity index (χ3n) is 2.99. The van der Waals surface area contributed by atoms with Crippen molar-refractivity contribution >= 4 is 28.8 Å². The van der Waals surface area contributed by atoms with E-state index in [9.17, 15) is 4.79 Å². The van der Waals surface area contributed by atoms with E-state index >= 15 is 0 Å². The first-order chi connectivity index (χ1) is 7.59. The summed E-state index contributed by atoms with van der Waals surface area (Å²) in [6.07, 6.45) is 3.04. The molecule has 1 aliphatic carbocycles. The highest BCUT2D eigenvalue weighted by Crippen LogP contribution is 2.27. The first kappa shape index (κ1) is 11.9. The van der Waals surface area contributed by atoms with Crippen LogP contribution in [0.15, 0.2) is 5.38 Å². The van der Waals surface area contributed by atoms with Gasteiger partial charge in [0.2, 0.25) is 0 Å². The third-order valence-corrected chi connectivity index (χ3v) is 4.69. The van der Waals surface area contributed by atoms with Gasteiger partial charge < -0.3 is 11.1 Å². The molecule has 3 nitrogen and oxygen atoms in total. The molecule has 1 aromatic heterocycles. The number of aryl methyl sites for hydroxylation is 1. The van der Waals surface area contributed by atoms with Crippen LogP contribution in [0.1, 0.15) is 34.5 Å². The maximum absolute atomic E-state index is 11.9. The Labute approximate surface area is 104 Å². The van der Waals surface area contributed by atoms with E-state index in [-0.39, 0.29) is 18.0 Å². The number of rotatable bonds is 2. The lowest BCUT2D eigenvalue weighted by Crippen LogP contribution is -2.43. The Morgan fingerprint density at radius 2 is 2.38 bits per heavy atom. The summed E-state index contributed by atoms with van der Waals surface area (Å²) in [7, 11) is 0. The van der Waals surface area contributed by atoms with E-state index in [1.54, 1.807) is 0 Å². The van der Waals surface area contributed by atoms with Gasteiger partial charge in [0.25, 0.3) is 5.91 Å². The maximum Gasteiger partial charge on any atom is 0.263 e. The van der Waals surface area contributed by atoms with E-state index in [2.05, 4.69) is 5.32 Å². The van der Waals surface area contributed by atoms with Gasteiger partial charge in [0.15, 0.2) is 0 Å². The minimum absolute atomic E-state index is 0.0868. The second-order valence-corrected chi connectivity index (χ2v) is 5.49. The molecule has 2 atom stereocenters. The normalized spacial score (nSPS) is 24.7. The number of thiophene rings is 1. The Bertz CT molecular complexity index is 405. The molecular formula is C11H15ClN2OS. The Morgan fingerprint density at radius 3 is 2.88 bits per heavy atom. The molecule has 2 unspecified atom stereocenters. The van der Waals surface area contributed by atoms with E-state index < -0.39 is 0 Å². The van der Waals surface area contributed by atoms with Gasteiger partial charge in [-0.1, -0.05) is 11.6 Å². The van der Waals surface area contributed by atoms with E-state index in [0.29, 0.717) is 9.90 Å². The van der Waals surface area contributed by atoms with Crippen molar-refractivity contribution in [2.24, 2.45) is 5.73 Å². The van der Waals surface area contributed by atoms with Crippen molar-refractivity contribution in [1.29, 1.82) is 0 Å². The van der Waals surface area contributed by atoms with Crippen molar-refractivity contribution in [3.05, 3.63) is 20.8 Å². The van der Waals surface area contributed by atoms with Gasteiger partial charge in [-0.05, 0) is 37.1 Å². The SMILES string of the molecule is Cc1csc(C(=O)NC2CCCC2N)c1Cl. The highest BCUT2D eigenvalue weighted by atomic mass is 35.5. The Hall–Kier alpha value is -0.580.